The Bertz CT molecular complexity index is 705. The zero-order chi connectivity index (χ0) is 18.6. The molecule has 0 amide bonds. The number of allylic oxidation sites excluding steroid dienone is 1. The van der Waals surface area contributed by atoms with Crippen LogP contribution in [0.25, 0.3) is 0 Å². The Kier molecular flexibility index (Phi) is 5.72. The van der Waals surface area contributed by atoms with Crippen LogP contribution in [0.5, 0.6) is 0 Å². The Balaban J connectivity index is 1.44. The van der Waals surface area contributed by atoms with Gasteiger partial charge in [-0.2, -0.15) is 0 Å². The Morgan fingerprint density at radius 2 is 1.93 bits per heavy atom. The van der Waals surface area contributed by atoms with Crippen LogP contribution in [-0.2, 0) is 6.54 Å². The quantitative estimate of drug-likeness (QED) is 0.698. The minimum Gasteiger partial charge on any atom is -0.313 e. The average Bonchev–Trinajstić information content (AvgIpc) is 3.13. The molecule has 4 rings (SSSR count). The Morgan fingerprint density at radius 1 is 1.07 bits per heavy atom. The third kappa shape index (κ3) is 4.31. The predicted octanol–water partition coefficient (Wildman–Crippen LogP) is 5.22. The van der Waals surface area contributed by atoms with Crippen LogP contribution in [0.4, 0.5) is 4.39 Å². The van der Waals surface area contributed by atoms with Gasteiger partial charge in [-0.05, 0) is 74.6 Å². The minimum atomic E-state index is -0.261. The van der Waals surface area contributed by atoms with Gasteiger partial charge in [0.1, 0.15) is 5.82 Å². The number of rotatable bonds is 6. The average molecular weight is 370 g/mol. The molecule has 2 aliphatic carbocycles. The van der Waals surface area contributed by atoms with Crippen molar-refractivity contribution < 1.29 is 4.39 Å². The van der Waals surface area contributed by atoms with Crippen molar-refractivity contribution in [1.82, 2.24) is 10.3 Å². The van der Waals surface area contributed by atoms with Crippen molar-refractivity contribution >= 4 is 5.71 Å². The number of nitrogens with zero attached hydrogens (tertiary/aromatic N) is 2. The second-order valence-electron chi connectivity index (χ2n) is 8.91. The van der Waals surface area contributed by atoms with E-state index >= 15 is 0 Å². The molecular formula is C23H32FN3. The molecule has 2 heterocycles. The highest BCUT2D eigenvalue weighted by atomic mass is 19.1. The Morgan fingerprint density at radius 3 is 2.70 bits per heavy atom. The molecule has 0 bridgehead atoms. The number of hydrogen-bond acceptors (Lipinski definition) is 3. The van der Waals surface area contributed by atoms with E-state index in [9.17, 15) is 4.39 Å². The number of nitrogens with one attached hydrogen (secondary N) is 1. The minimum absolute atomic E-state index is 0.229. The standard InChI is InChI=1S/C23H32FN3/c24-20-14-19(16-26-17-20)15-25-13-11-23(21-6-1-4-12-27-21)10-5-9-22(18-23)7-2-3-8-22/h1,6,14,16-17,25H,2-5,7-13,15,18H2/t23-/m1/s1. The maximum absolute atomic E-state index is 13.3. The van der Waals surface area contributed by atoms with E-state index < -0.39 is 0 Å². The summed E-state index contributed by atoms with van der Waals surface area (Å²) in [4.78, 5) is 8.92. The van der Waals surface area contributed by atoms with Crippen molar-refractivity contribution in [2.24, 2.45) is 15.8 Å². The maximum Gasteiger partial charge on any atom is 0.141 e. The third-order valence-electron chi connectivity index (χ3n) is 7.01. The van der Waals surface area contributed by atoms with E-state index in [1.807, 2.05) is 0 Å². The first-order valence-corrected chi connectivity index (χ1v) is 10.7. The molecule has 4 heteroatoms. The van der Waals surface area contributed by atoms with Crippen molar-refractivity contribution in [2.75, 3.05) is 13.1 Å². The lowest BCUT2D eigenvalue weighted by atomic mass is 9.58. The van der Waals surface area contributed by atoms with Gasteiger partial charge in [0.25, 0.3) is 0 Å². The van der Waals surface area contributed by atoms with E-state index in [2.05, 4.69) is 22.5 Å². The number of dihydropyridines is 1. The topological polar surface area (TPSA) is 37.3 Å². The SMILES string of the molecule is Fc1cncc(CNCC[C@]2(C3=NCCC=C3)CCCC3(CCCC3)C2)c1. The summed E-state index contributed by atoms with van der Waals surface area (Å²) in [6.07, 6.45) is 20.8. The van der Waals surface area contributed by atoms with E-state index in [1.165, 1.54) is 63.3 Å². The molecule has 2 fully saturated rings. The second-order valence-corrected chi connectivity index (χ2v) is 8.91. The summed E-state index contributed by atoms with van der Waals surface area (Å²) in [7, 11) is 0. The lowest BCUT2D eigenvalue weighted by Gasteiger charge is -2.47. The molecule has 3 nitrogen and oxygen atoms in total. The van der Waals surface area contributed by atoms with Crippen molar-refractivity contribution in [1.29, 1.82) is 0 Å². The summed E-state index contributed by atoms with van der Waals surface area (Å²) in [5, 5.41) is 3.53. The van der Waals surface area contributed by atoms with Gasteiger partial charge in [0, 0.05) is 30.4 Å². The van der Waals surface area contributed by atoms with Gasteiger partial charge in [0.05, 0.1) is 6.20 Å². The van der Waals surface area contributed by atoms with Gasteiger partial charge in [-0.25, -0.2) is 4.39 Å². The van der Waals surface area contributed by atoms with E-state index in [4.69, 9.17) is 4.99 Å². The van der Waals surface area contributed by atoms with E-state index in [0.29, 0.717) is 12.0 Å². The molecule has 1 aliphatic heterocycles. The lowest BCUT2D eigenvalue weighted by Crippen LogP contribution is -2.42. The molecule has 1 spiro atoms. The maximum atomic E-state index is 13.3. The Hall–Kier alpha value is -1.55. The summed E-state index contributed by atoms with van der Waals surface area (Å²) in [5.74, 6) is -0.261. The van der Waals surface area contributed by atoms with Crippen LogP contribution in [0.15, 0.2) is 35.6 Å². The zero-order valence-electron chi connectivity index (χ0n) is 16.4. The number of hydrogen-bond donors (Lipinski definition) is 1. The van der Waals surface area contributed by atoms with Gasteiger partial charge in [0.15, 0.2) is 0 Å². The second kappa shape index (κ2) is 8.22. The molecule has 1 N–H and O–H groups in total. The van der Waals surface area contributed by atoms with Crippen molar-refractivity contribution in [3.63, 3.8) is 0 Å². The smallest absolute Gasteiger partial charge is 0.141 e. The van der Waals surface area contributed by atoms with Gasteiger partial charge < -0.3 is 5.32 Å². The van der Waals surface area contributed by atoms with Gasteiger partial charge in [-0.15, -0.1) is 0 Å². The van der Waals surface area contributed by atoms with Crippen LogP contribution in [0, 0.1) is 16.6 Å². The highest BCUT2D eigenvalue weighted by Gasteiger charge is 2.47. The summed E-state index contributed by atoms with van der Waals surface area (Å²) in [5.41, 5.74) is 3.06. The number of aromatic nitrogens is 1. The molecule has 1 aromatic rings. The van der Waals surface area contributed by atoms with E-state index in [0.717, 1.165) is 31.5 Å². The monoisotopic (exact) mass is 369 g/mol. The van der Waals surface area contributed by atoms with Gasteiger partial charge >= 0.3 is 0 Å². The molecule has 0 saturated heterocycles. The molecule has 3 aliphatic rings. The fourth-order valence-corrected chi connectivity index (χ4v) is 5.77. The third-order valence-corrected chi connectivity index (χ3v) is 7.01. The highest BCUT2D eigenvalue weighted by molar-refractivity contribution is 6.00. The lowest BCUT2D eigenvalue weighted by molar-refractivity contribution is 0.103. The number of pyridine rings is 1. The first kappa shape index (κ1) is 18.8. The largest absolute Gasteiger partial charge is 0.313 e. The first-order chi connectivity index (χ1) is 13.2. The molecule has 0 unspecified atom stereocenters. The van der Waals surface area contributed by atoms with Crippen LogP contribution in [0.1, 0.15) is 69.8 Å². The van der Waals surface area contributed by atoms with E-state index in [1.54, 1.807) is 12.3 Å². The molecule has 0 aromatic carbocycles. The van der Waals surface area contributed by atoms with Crippen LogP contribution in [0.2, 0.25) is 0 Å². The van der Waals surface area contributed by atoms with Crippen LogP contribution >= 0.6 is 0 Å². The normalized spacial score (nSPS) is 27.1. The number of halogens is 1. The van der Waals surface area contributed by atoms with Crippen molar-refractivity contribution in [2.45, 2.75) is 70.8 Å². The summed E-state index contributed by atoms with van der Waals surface area (Å²) < 4.78 is 13.3. The first-order valence-electron chi connectivity index (χ1n) is 10.7. The zero-order valence-corrected chi connectivity index (χ0v) is 16.4. The fourth-order valence-electron chi connectivity index (χ4n) is 5.77. The molecule has 1 atom stereocenters. The molecule has 146 valence electrons. The number of aliphatic imine (C=N–C) groups is 1. The molecule has 27 heavy (non-hydrogen) atoms. The van der Waals surface area contributed by atoms with Crippen molar-refractivity contribution in [3.8, 4) is 0 Å². The van der Waals surface area contributed by atoms with Gasteiger partial charge in [0.2, 0.25) is 0 Å². The van der Waals surface area contributed by atoms with Gasteiger partial charge in [-0.1, -0.05) is 25.3 Å². The summed E-state index contributed by atoms with van der Waals surface area (Å²) >= 11 is 0. The summed E-state index contributed by atoms with van der Waals surface area (Å²) in [6, 6.07) is 1.57. The molecule has 1 aromatic heterocycles. The van der Waals surface area contributed by atoms with E-state index in [-0.39, 0.29) is 11.2 Å². The van der Waals surface area contributed by atoms with Crippen LogP contribution < -0.4 is 5.32 Å². The van der Waals surface area contributed by atoms with Crippen LogP contribution in [-0.4, -0.2) is 23.8 Å². The Labute approximate surface area is 162 Å². The highest BCUT2D eigenvalue weighted by Crippen LogP contribution is 2.56. The van der Waals surface area contributed by atoms with Crippen molar-refractivity contribution in [3.05, 3.63) is 42.0 Å². The molecular weight excluding hydrogens is 337 g/mol. The van der Waals surface area contributed by atoms with Gasteiger partial charge in [-0.3, -0.25) is 9.98 Å². The predicted molar refractivity (Wildman–Crippen MR) is 108 cm³/mol. The van der Waals surface area contributed by atoms with Crippen LogP contribution in [0.3, 0.4) is 0 Å². The molecule has 2 saturated carbocycles. The summed E-state index contributed by atoms with van der Waals surface area (Å²) in [6.45, 7) is 2.57. The fraction of sp³-hybridized carbons (Fsp3) is 0.652. The molecule has 0 radical (unpaired) electrons.